The first-order valence-corrected chi connectivity index (χ1v) is 10.3. The Morgan fingerprint density at radius 3 is 2.65 bits per heavy atom. The highest BCUT2D eigenvalue weighted by Gasteiger charge is 2.32. The standard InChI is InChI=1S/C20H23NO4S/c1-13(2)25-20(23)14-8-6-12-21-16(14)10-11-17(21)19(22)15-7-4-5-9-18(15)26(3)24/h4-5,7,9-11,13-14H,6,8,12H2,1-3H3. The molecule has 3 rings (SSSR count). The summed E-state index contributed by atoms with van der Waals surface area (Å²) in [7, 11) is 0. The Kier molecular flexibility index (Phi) is 5.53. The van der Waals surface area contributed by atoms with Gasteiger partial charge in [-0.1, -0.05) is 12.1 Å². The predicted molar refractivity (Wildman–Crippen MR) is 99.8 cm³/mol. The fourth-order valence-electron chi connectivity index (χ4n) is 3.43. The Bertz CT molecular complexity index is 825. The minimum Gasteiger partial charge on any atom is -0.612 e. The van der Waals surface area contributed by atoms with E-state index in [0.29, 0.717) is 22.7 Å². The van der Waals surface area contributed by atoms with Gasteiger partial charge in [-0.15, -0.1) is 0 Å². The molecule has 0 aliphatic carbocycles. The molecule has 0 fully saturated rings. The third-order valence-corrected chi connectivity index (χ3v) is 5.53. The van der Waals surface area contributed by atoms with Crippen LogP contribution in [-0.4, -0.2) is 33.2 Å². The minimum absolute atomic E-state index is 0.166. The highest BCUT2D eigenvalue weighted by molar-refractivity contribution is 7.90. The largest absolute Gasteiger partial charge is 0.612 e. The van der Waals surface area contributed by atoms with Gasteiger partial charge in [-0.3, -0.25) is 9.59 Å². The van der Waals surface area contributed by atoms with Crippen molar-refractivity contribution in [3.8, 4) is 0 Å². The smallest absolute Gasteiger partial charge is 0.315 e. The molecule has 1 aromatic carbocycles. The van der Waals surface area contributed by atoms with E-state index >= 15 is 0 Å². The van der Waals surface area contributed by atoms with Crippen LogP contribution in [0.2, 0.25) is 0 Å². The van der Waals surface area contributed by atoms with Crippen molar-refractivity contribution in [2.24, 2.45) is 0 Å². The fraction of sp³-hybridized carbons (Fsp3) is 0.400. The van der Waals surface area contributed by atoms with Crippen LogP contribution in [0.5, 0.6) is 0 Å². The summed E-state index contributed by atoms with van der Waals surface area (Å²) in [4.78, 5) is 26.0. The molecule has 2 aromatic rings. The summed E-state index contributed by atoms with van der Waals surface area (Å²) < 4.78 is 19.2. The average molecular weight is 373 g/mol. The maximum Gasteiger partial charge on any atom is 0.315 e. The summed E-state index contributed by atoms with van der Waals surface area (Å²) in [5.74, 6) is -0.753. The monoisotopic (exact) mass is 373 g/mol. The number of rotatable bonds is 5. The lowest BCUT2D eigenvalue weighted by Crippen LogP contribution is -2.27. The van der Waals surface area contributed by atoms with Crippen LogP contribution in [0, 0.1) is 0 Å². The van der Waals surface area contributed by atoms with E-state index in [1.54, 1.807) is 36.6 Å². The van der Waals surface area contributed by atoms with Crippen molar-refractivity contribution in [2.45, 2.75) is 50.2 Å². The molecule has 0 spiro atoms. The number of aromatic nitrogens is 1. The van der Waals surface area contributed by atoms with Crippen LogP contribution < -0.4 is 0 Å². The molecule has 1 aliphatic rings. The lowest BCUT2D eigenvalue weighted by Gasteiger charge is -2.25. The maximum absolute atomic E-state index is 13.1. The highest BCUT2D eigenvalue weighted by Crippen LogP contribution is 2.32. The van der Waals surface area contributed by atoms with E-state index in [0.717, 1.165) is 18.5 Å². The summed E-state index contributed by atoms with van der Waals surface area (Å²) in [5.41, 5.74) is 1.79. The van der Waals surface area contributed by atoms with E-state index in [1.807, 2.05) is 24.5 Å². The zero-order valence-electron chi connectivity index (χ0n) is 15.2. The first-order valence-electron chi connectivity index (χ1n) is 8.77. The molecule has 0 bridgehead atoms. The van der Waals surface area contributed by atoms with Gasteiger partial charge in [-0.25, -0.2) is 0 Å². The van der Waals surface area contributed by atoms with Crippen LogP contribution in [-0.2, 0) is 27.3 Å². The summed E-state index contributed by atoms with van der Waals surface area (Å²) in [6, 6.07) is 10.6. The highest BCUT2D eigenvalue weighted by atomic mass is 32.2. The number of fused-ring (bicyclic) bond motifs is 1. The van der Waals surface area contributed by atoms with Crippen LogP contribution in [0.4, 0.5) is 0 Å². The number of benzene rings is 1. The van der Waals surface area contributed by atoms with E-state index in [9.17, 15) is 14.1 Å². The second-order valence-corrected chi connectivity index (χ2v) is 8.10. The number of esters is 1. The molecule has 0 N–H and O–H groups in total. The van der Waals surface area contributed by atoms with E-state index in [4.69, 9.17) is 4.74 Å². The Balaban J connectivity index is 1.96. The third-order valence-electron chi connectivity index (χ3n) is 4.56. The van der Waals surface area contributed by atoms with Crippen molar-refractivity contribution in [3.63, 3.8) is 0 Å². The van der Waals surface area contributed by atoms with Crippen LogP contribution in [0.1, 0.15) is 54.4 Å². The Hall–Kier alpha value is -2.05. The zero-order chi connectivity index (χ0) is 18.8. The normalized spacial score (nSPS) is 17.7. The van der Waals surface area contributed by atoms with Gasteiger partial charge in [-0.05, 0) is 62.1 Å². The molecule has 0 saturated heterocycles. The lowest BCUT2D eigenvalue weighted by atomic mass is 9.96. The third kappa shape index (κ3) is 3.57. The fourth-order valence-corrected chi connectivity index (χ4v) is 4.17. The molecule has 0 saturated carbocycles. The van der Waals surface area contributed by atoms with Gasteiger partial charge < -0.3 is 13.9 Å². The second kappa shape index (κ2) is 7.68. The molecule has 26 heavy (non-hydrogen) atoms. The average Bonchev–Trinajstić information content (AvgIpc) is 3.04. The number of hydrogen-bond donors (Lipinski definition) is 0. The van der Waals surface area contributed by atoms with Gasteiger partial charge in [0.1, 0.15) is 6.26 Å². The molecule has 6 heteroatoms. The molecule has 1 aliphatic heterocycles. The first kappa shape index (κ1) is 18.7. The van der Waals surface area contributed by atoms with Gasteiger partial charge in [0.2, 0.25) is 5.78 Å². The molecule has 0 radical (unpaired) electrons. The number of hydrogen-bond acceptors (Lipinski definition) is 4. The second-order valence-electron chi connectivity index (χ2n) is 6.75. The quantitative estimate of drug-likeness (QED) is 0.458. The van der Waals surface area contributed by atoms with Crippen molar-refractivity contribution in [2.75, 3.05) is 6.26 Å². The predicted octanol–water partition coefficient (Wildman–Crippen LogP) is 3.29. The van der Waals surface area contributed by atoms with Gasteiger partial charge in [0.05, 0.1) is 23.3 Å². The number of carbonyl (C=O) groups excluding carboxylic acids is 2. The molecule has 138 valence electrons. The molecule has 0 amide bonds. The lowest BCUT2D eigenvalue weighted by molar-refractivity contribution is -0.149. The van der Waals surface area contributed by atoms with Gasteiger partial charge in [0, 0.05) is 12.2 Å². The Morgan fingerprint density at radius 1 is 1.23 bits per heavy atom. The van der Waals surface area contributed by atoms with Crippen molar-refractivity contribution < 1.29 is 18.9 Å². The van der Waals surface area contributed by atoms with Gasteiger partial charge in [-0.2, -0.15) is 0 Å². The van der Waals surface area contributed by atoms with E-state index in [1.165, 1.54) is 0 Å². The Morgan fingerprint density at radius 2 is 1.96 bits per heavy atom. The molecular formula is C20H23NO4S. The van der Waals surface area contributed by atoms with Crippen LogP contribution in [0.15, 0.2) is 41.3 Å². The van der Waals surface area contributed by atoms with Crippen molar-refractivity contribution in [3.05, 3.63) is 53.3 Å². The number of nitrogens with zero attached hydrogens (tertiary/aromatic N) is 1. The topological polar surface area (TPSA) is 71.4 Å². The number of carbonyl (C=O) groups is 2. The van der Waals surface area contributed by atoms with E-state index < -0.39 is 11.2 Å². The van der Waals surface area contributed by atoms with E-state index in [-0.39, 0.29) is 23.8 Å². The zero-order valence-corrected chi connectivity index (χ0v) is 16.0. The van der Waals surface area contributed by atoms with Crippen molar-refractivity contribution in [1.29, 1.82) is 0 Å². The van der Waals surface area contributed by atoms with Gasteiger partial charge >= 0.3 is 5.97 Å². The SMILES string of the molecule is CC(C)OC(=O)C1CCCn2c(C(=O)c3ccccc3[S+](C)[O-])ccc21. The van der Waals surface area contributed by atoms with Crippen LogP contribution in [0.3, 0.4) is 0 Å². The van der Waals surface area contributed by atoms with Crippen molar-refractivity contribution in [1.82, 2.24) is 4.57 Å². The molecule has 1 aromatic heterocycles. The van der Waals surface area contributed by atoms with Gasteiger partial charge in [0.25, 0.3) is 0 Å². The summed E-state index contributed by atoms with van der Waals surface area (Å²) >= 11 is -1.25. The summed E-state index contributed by atoms with van der Waals surface area (Å²) in [5, 5.41) is 0. The maximum atomic E-state index is 13.1. The molecule has 2 heterocycles. The molecule has 5 nitrogen and oxygen atoms in total. The number of ketones is 1. The van der Waals surface area contributed by atoms with Crippen molar-refractivity contribution >= 4 is 22.9 Å². The minimum atomic E-state index is -1.25. The molecule has 2 atom stereocenters. The first-order chi connectivity index (χ1) is 12.4. The molecule has 2 unspecified atom stereocenters. The van der Waals surface area contributed by atoms with Crippen LogP contribution >= 0.6 is 0 Å². The molecular weight excluding hydrogens is 350 g/mol. The summed E-state index contributed by atoms with van der Waals surface area (Å²) in [6.07, 6.45) is 2.93. The van der Waals surface area contributed by atoms with E-state index in [2.05, 4.69) is 0 Å². The van der Waals surface area contributed by atoms with Crippen LogP contribution in [0.25, 0.3) is 0 Å². The Labute approximate surface area is 156 Å². The number of ether oxygens (including phenoxy) is 1. The summed E-state index contributed by atoms with van der Waals surface area (Å²) in [6.45, 7) is 4.35. The van der Waals surface area contributed by atoms with Gasteiger partial charge in [0.15, 0.2) is 4.90 Å².